The number of carbonyl (C=O) groups excluding carboxylic acids is 3. The molecule has 3 fully saturated rings. The van der Waals surface area contributed by atoms with Gasteiger partial charge in [0.1, 0.15) is 11.6 Å². The molecular formula is C32H33N3O5. The van der Waals surface area contributed by atoms with E-state index in [1.165, 1.54) is 4.90 Å². The van der Waals surface area contributed by atoms with Gasteiger partial charge in [0.05, 0.1) is 30.6 Å². The second-order valence-electron chi connectivity index (χ2n) is 11.1. The topological polar surface area (TPSA) is 108 Å². The number of carbonyl (C=O) groups is 3. The van der Waals surface area contributed by atoms with E-state index in [4.69, 9.17) is 4.74 Å². The highest BCUT2D eigenvalue weighted by Crippen LogP contribution is 2.59. The summed E-state index contributed by atoms with van der Waals surface area (Å²) >= 11 is 0. The van der Waals surface area contributed by atoms with Gasteiger partial charge in [-0.3, -0.25) is 14.4 Å². The second kappa shape index (κ2) is 10.2. The summed E-state index contributed by atoms with van der Waals surface area (Å²) in [6.07, 6.45) is 0.560. The van der Waals surface area contributed by atoms with Crippen LogP contribution in [-0.2, 0) is 19.1 Å². The van der Waals surface area contributed by atoms with Gasteiger partial charge in [-0.15, -0.1) is 0 Å². The molecule has 2 unspecified atom stereocenters. The van der Waals surface area contributed by atoms with Crippen molar-refractivity contribution in [3.05, 3.63) is 95.6 Å². The van der Waals surface area contributed by atoms with Crippen molar-refractivity contribution in [1.29, 1.82) is 0 Å². The Balaban J connectivity index is 1.41. The van der Waals surface area contributed by atoms with Crippen LogP contribution in [0, 0.1) is 25.7 Å². The number of nitrogens with one attached hydrogen (secondary N) is 2. The molecule has 3 N–H and O–H groups in total. The summed E-state index contributed by atoms with van der Waals surface area (Å²) in [5.41, 5.74) is 2.70. The predicted molar refractivity (Wildman–Crippen MR) is 150 cm³/mol. The van der Waals surface area contributed by atoms with Crippen molar-refractivity contribution in [3.63, 3.8) is 0 Å². The number of anilines is 2. The van der Waals surface area contributed by atoms with Crippen molar-refractivity contribution in [1.82, 2.24) is 4.90 Å². The largest absolute Gasteiger partial charge is 0.394 e. The number of hydrogen-bond acceptors (Lipinski definition) is 5. The Hall–Kier alpha value is -4.01. The summed E-state index contributed by atoms with van der Waals surface area (Å²) in [6.45, 7) is 3.48. The van der Waals surface area contributed by atoms with Crippen LogP contribution in [0.2, 0.25) is 0 Å². The third kappa shape index (κ3) is 4.19. The zero-order valence-electron chi connectivity index (χ0n) is 22.5. The maximum atomic E-state index is 14.4. The maximum absolute atomic E-state index is 14.4. The zero-order chi connectivity index (χ0) is 28.0. The molecule has 0 aliphatic carbocycles. The van der Waals surface area contributed by atoms with E-state index >= 15 is 0 Å². The minimum absolute atomic E-state index is 0.299. The van der Waals surface area contributed by atoms with E-state index in [9.17, 15) is 19.5 Å². The highest BCUT2D eigenvalue weighted by atomic mass is 16.5. The number of ether oxygens (including phenoxy) is 1. The normalized spacial score (nSPS) is 27.4. The van der Waals surface area contributed by atoms with Gasteiger partial charge in [-0.2, -0.15) is 0 Å². The van der Waals surface area contributed by atoms with E-state index in [2.05, 4.69) is 10.6 Å². The van der Waals surface area contributed by atoms with E-state index in [-0.39, 0.29) is 24.3 Å². The van der Waals surface area contributed by atoms with Crippen molar-refractivity contribution >= 4 is 29.1 Å². The number of aliphatic hydroxyl groups is 1. The lowest BCUT2D eigenvalue weighted by molar-refractivity contribution is -0.143. The summed E-state index contributed by atoms with van der Waals surface area (Å²) in [7, 11) is 0. The Morgan fingerprint density at radius 2 is 1.70 bits per heavy atom. The van der Waals surface area contributed by atoms with Gasteiger partial charge in [-0.05, 0) is 61.6 Å². The summed E-state index contributed by atoms with van der Waals surface area (Å²) in [5, 5.41) is 16.6. The molecule has 3 aliphatic rings. The van der Waals surface area contributed by atoms with Gasteiger partial charge in [0, 0.05) is 11.4 Å². The van der Waals surface area contributed by atoms with Crippen LogP contribution >= 0.6 is 0 Å². The third-order valence-electron chi connectivity index (χ3n) is 8.67. The molecule has 206 valence electrons. The number of aliphatic hydroxyl groups excluding tert-OH is 1. The average molecular weight is 540 g/mol. The average Bonchev–Trinajstić information content (AvgIpc) is 3.60. The Morgan fingerprint density at radius 1 is 1.00 bits per heavy atom. The van der Waals surface area contributed by atoms with E-state index in [1.54, 1.807) is 12.1 Å². The van der Waals surface area contributed by atoms with Crippen LogP contribution in [0.1, 0.15) is 35.6 Å². The Labute approximate surface area is 233 Å². The minimum Gasteiger partial charge on any atom is -0.394 e. The quantitative estimate of drug-likeness (QED) is 0.421. The van der Waals surface area contributed by atoms with E-state index < -0.39 is 35.6 Å². The Kier molecular flexibility index (Phi) is 6.68. The number of aryl methyl sites for hydroxylation is 2. The van der Waals surface area contributed by atoms with Crippen LogP contribution < -0.4 is 10.6 Å². The third-order valence-corrected chi connectivity index (χ3v) is 8.67. The number of benzene rings is 3. The molecule has 8 nitrogen and oxygen atoms in total. The first-order valence-corrected chi connectivity index (χ1v) is 13.7. The molecule has 1 spiro atoms. The highest BCUT2D eigenvalue weighted by molar-refractivity contribution is 6.05. The molecule has 6 atom stereocenters. The fraction of sp³-hybridized carbons (Fsp3) is 0.344. The van der Waals surface area contributed by atoms with E-state index in [0.717, 1.165) is 11.1 Å². The first-order valence-electron chi connectivity index (χ1n) is 13.7. The SMILES string of the molecule is Cc1ccc(C)c(NC(=O)C2N([C@H](CO)c3ccccc3)C(=O)[C@@H]3[C@@H](C(=O)Nc4ccccc4)[C@H]4CCC23O4)c1. The fourth-order valence-electron chi connectivity index (χ4n) is 6.87. The van der Waals surface area contributed by atoms with Crippen molar-refractivity contribution in [2.24, 2.45) is 11.8 Å². The molecule has 0 radical (unpaired) electrons. The highest BCUT2D eigenvalue weighted by Gasteiger charge is 2.75. The second-order valence-corrected chi connectivity index (χ2v) is 11.1. The van der Waals surface area contributed by atoms with Crippen LogP contribution in [0.4, 0.5) is 11.4 Å². The molecule has 3 aromatic rings. The molecule has 3 heterocycles. The van der Waals surface area contributed by atoms with Crippen LogP contribution in [0.3, 0.4) is 0 Å². The van der Waals surface area contributed by atoms with E-state index in [1.807, 2.05) is 80.6 Å². The number of hydrogen-bond donors (Lipinski definition) is 3. The summed E-state index contributed by atoms with van der Waals surface area (Å²) in [5.74, 6) is -2.63. The smallest absolute Gasteiger partial charge is 0.250 e. The molecule has 8 heteroatoms. The van der Waals surface area contributed by atoms with Gasteiger partial charge < -0.3 is 25.4 Å². The van der Waals surface area contributed by atoms with Gasteiger partial charge in [0.15, 0.2) is 0 Å². The molecule has 3 aromatic carbocycles. The number of likely N-dealkylation sites (tertiary alicyclic amines) is 1. The van der Waals surface area contributed by atoms with Crippen molar-refractivity contribution in [3.8, 4) is 0 Å². The van der Waals surface area contributed by atoms with Crippen LogP contribution in [0.25, 0.3) is 0 Å². The molecule has 6 rings (SSSR count). The molecule has 2 bridgehead atoms. The molecule has 40 heavy (non-hydrogen) atoms. The first-order chi connectivity index (χ1) is 19.3. The number of nitrogens with zero attached hydrogens (tertiary/aromatic N) is 1. The first kappa shape index (κ1) is 26.2. The Morgan fingerprint density at radius 3 is 2.40 bits per heavy atom. The summed E-state index contributed by atoms with van der Waals surface area (Å²) < 4.78 is 6.55. The minimum atomic E-state index is -1.18. The van der Waals surface area contributed by atoms with Gasteiger partial charge in [0.25, 0.3) is 0 Å². The standard InChI is InChI=1S/C32H33N3O5/c1-19-13-14-20(2)23(17-19)34-30(38)28-32-16-15-25(40-32)26(29(37)33-22-11-7-4-8-12-22)27(32)31(39)35(28)24(18-36)21-9-5-3-6-10-21/h3-14,17,24-28,36H,15-16,18H2,1-2H3,(H,33,37)(H,34,38)/t24-,25-,26+,27+,28?,32?/m1/s1. The van der Waals surface area contributed by atoms with Crippen LogP contribution in [0.5, 0.6) is 0 Å². The number of fused-ring (bicyclic) bond motifs is 1. The van der Waals surface area contributed by atoms with Gasteiger partial charge >= 0.3 is 0 Å². The molecule has 0 saturated carbocycles. The molecular weight excluding hydrogens is 506 g/mol. The lowest BCUT2D eigenvalue weighted by atomic mass is 9.70. The van der Waals surface area contributed by atoms with E-state index in [0.29, 0.717) is 29.8 Å². The van der Waals surface area contributed by atoms with Gasteiger partial charge in [-0.25, -0.2) is 0 Å². The van der Waals surface area contributed by atoms with Crippen LogP contribution in [-0.4, -0.2) is 52.1 Å². The lowest BCUT2D eigenvalue weighted by Crippen LogP contribution is -2.54. The van der Waals surface area contributed by atoms with Gasteiger partial charge in [-0.1, -0.05) is 60.7 Å². The molecule has 3 amide bonds. The number of rotatable bonds is 7. The number of para-hydroxylation sites is 1. The monoisotopic (exact) mass is 539 g/mol. The van der Waals surface area contributed by atoms with Gasteiger partial charge in [0.2, 0.25) is 17.7 Å². The maximum Gasteiger partial charge on any atom is 0.250 e. The summed E-state index contributed by atoms with van der Waals surface area (Å²) in [6, 6.07) is 22.3. The number of amides is 3. The fourth-order valence-corrected chi connectivity index (χ4v) is 6.87. The lowest BCUT2D eigenvalue weighted by Gasteiger charge is -2.37. The molecule has 3 aliphatic heterocycles. The molecule has 0 aromatic heterocycles. The van der Waals surface area contributed by atoms with Crippen molar-refractivity contribution < 1.29 is 24.2 Å². The van der Waals surface area contributed by atoms with Crippen molar-refractivity contribution in [2.75, 3.05) is 17.2 Å². The predicted octanol–water partition coefficient (Wildman–Crippen LogP) is 3.99. The molecule has 3 saturated heterocycles. The summed E-state index contributed by atoms with van der Waals surface area (Å²) in [4.78, 5) is 43.7. The van der Waals surface area contributed by atoms with Crippen molar-refractivity contribution in [2.45, 2.75) is 50.5 Å². The zero-order valence-corrected chi connectivity index (χ0v) is 22.5. The van der Waals surface area contributed by atoms with Crippen LogP contribution in [0.15, 0.2) is 78.9 Å². The Bertz CT molecular complexity index is 1450.